The molecule has 0 radical (unpaired) electrons. The number of hydrogen-bond acceptors (Lipinski definition) is 2. The van der Waals surface area contributed by atoms with Gasteiger partial charge in [0.25, 0.3) is 0 Å². The van der Waals surface area contributed by atoms with Gasteiger partial charge in [-0.1, -0.05) is 12.1 Å². The Kier molecular flexibility index (Phi) is 8.73. The van der Waals surface area contributed by atoms with Crippen molar-refractivity contribution in [1.29, 1.82) is 0 Å². The summed E-state index contributed by atoms with van der Waals surface area (Å²) in [5, 5.41) is 6.52. The van der Waals surface area contributed by atoms with Crippen molar-refractivity contribution in [2.45, 2.75) is 33.4 Å². The van der Waals surface area contributed by atoms with Gasteiger partial charge in [-0.2, -0.15) is 0 Å². The highest BCUT2D eigenvalue weighted by Gasteiger charge is 2.05. The number of aryl methyl sites for hydroxylation is 3. The second kappa shape index (κ2) is 10.3. The van der Waals surface area contributed by atoms with Gasteiger partial charge in [0, 0.05) is 39.1 Å². The fourth-order valence-electron chi connectivity index (χ4n) is 2.43. The summed E-state index contributed by atoms with van der Waals surface area (Å²) < 4.78 is 15.7. The predicted octanol–water partition coefficient (Wildman–Crippen LogP) is 3.01. The molecule has 132 valence electrons. The van der Waals surface area contributed by atoms with Crippen LogP contribution in [0.25, 0.3) is 0 Å². The third kappa shape index (κ3) is 6.10. The zero-order chi connectivity index (χ0) is 16.7. The largest absolute Gasteiger partial charge is 0.356 e. The van der Waals surface area contributed by atoms with Gasteiger partial charge in [0.15, 0.2) is 5.96 Å². The van der Waals surface area contributed by atoms with Crippen LogP contribution in [0.1, 0.15) is 23.1 Å². The second-order valence-electron chi connectivity index (χ2n) is 5.55. The van der Waals surface area contributed by atoms with Gasteiger partial charge >= 0.3 is 0 Å². The van der Waals surface area contributed by atoms with Gasteiger partial charge in [-0.05, 0) is 37.0 Å². The zero-order valence-electron chi connectivity index (χ0n) is 14.3. The van der Waals surface area contributed by atoms with Crippen molar-refractivity contribution in [2.75, 3.05) is 13.6 Å². The molecule has 5 nitrogen and oxygen atoms in total. The van der Waals surface area contributed by atoms with E-state index < -0.39 is 0 Å². The summed E-state index contributed by atoms with van der Waals surface area (Å²) in [6, 6.07) is 3.73. The highest BCUT2D eigenvalue weighted by atomic mass is 127. The Balaban J connectivity index is 0.00000288. The van der Waals surface area contributed by atoms with E-state index in [1.54, 1.807) is 27.1 Å². The number of benzene rings is 1. The molecule has 7 heteroatoms. The van der Waals surface area contributed by atoms with Crippen molar-refractivity contribution < 1.29 is 4.39 Å². The molecule has 0 bridgehead atoms. The predicted molar refractivity (Wildman–Crippen MR) is 106 cm³/mol. The standard InChI is InChI=1S/C17H24FN5.HI/c1-13-9-15(10-14(2)16(13)18)11-22-17(19-3)21-5-4-7-23-8-6-20-12-23;/h6,8-10,12H,4-5,7,11H2,1-3H3,(H2,19,21,22);1H. The number of nitrogens with zero attached hydrogens (tertiary/aromatic N) is 3. The van der Waals surface area contributed by atoms with Gasteiger partial charge in [-0.15, -0.1) is 24.0 Å². The van der Waals surface area contributed by atoms with E-state index >= 15 is 0 Å². The number of aliphatic imine (C=N–C) groups is 1. The molecular weight excluding hydrogens is 420 g/mol. The Morgan fingerprint density at radius 3 is 2.54 bits per heavy atom. The minimum Gasteiger partial charge on any atom is -0.356 e. The number of aromatic nitrogens is 2. The summed E-state index contributed by atoms with van der Waals surface area (Å²) in [5.41, 5.74) is 2.39. The maximum absolute atomic E-state index is 13.6. The van der Waals surface area contributed by atoms with Crippen LogP contribution >= 0.6 is 24.0 Å². The van der Waals surface area contributed by atoms with Crippen molar-refractivity contribution in [3.8, 4) is 0 Å². The Morgan fingerprint density at radius 2 is 1.96 bits per heavy atom. The summed E-state index contributed by atoms with van der Waals surface area (Å²) in [5.74, 6) is 0.617. The molecule has 1 aromatic heterocycles. The molecule has 0 atom stereocenters. The topological polar surface area (TPSA) is 54.2 Å². The van der Waals surface area contributed by atoms with Gasteiger partial charge in [0.2, 0.25) is 0 Å². The molecule has 0 aliphatic heterocycles. The van der Waals surface area contributed by atoms with Crippen molar-refractivity contribution in [3.63, 3.8) is 0 Å². The van der Waals surface area contributed by atoms with E-state index in [4.69, 9.17) is 0 Å². The molecule has 1 heterocycles. The van der Waals surface area contributed by atoms with Crippen LogP contribution in [0.3, 0.4) is 0 Å². The van der Waals surface area contributed by atoms with Crippen molar-refractivity contribution in [2.24, 2.45) is 4.99 Å². The minimum absolute atomic E-state index is 0. The molecule has 1 aromatic carbocycles. The molecule has 0 aliphatic rings. The van der Waals surface area contributed by atoms with E-state index in [0.717, 1.165) is 31.0 Å². The lowest BCUT2D eigenvalue weighted by atomic mass is 10.1. The van der Waals surface area contributed by atoms with Gasteiger partial charge in [0.1, 0.15) is 5.82 Å². The number of guanidine groups is 1. The molecule has 0 spiro atoms. The monoisotopic (exact) mass is 445 g/mol. The maximum atomic E-state index is 13.6. The molecule has 2 aromatic rings. The second-order valence-corrected chi connectivity index (χ2v) is 5.55. The van der Waals surface area contributed by atoms with Crippen LogP contribution < -0.4 is 10.6 Å². The van der Waals surface area contributed by atoms with E-state index in [1.165, 1.54) is 0 Å². The number of imidazole rings is 1. The first-order valence-electron chi connectivity index (χ1n) is 7.76. The molecular formula is C17H25FIN5. The van der Waals surface area contributed by atoms with Crippen LogP contribution in [0.2, 0.25) is 0 Å². The van der Waals surface area contributed by atoms with Gasteiger partial charge in [-0.3, -0.25) is 4.99 Å². The SMILES string of the molecule is CN=C(NCCCn1ccnc1)NCc1cc(C)c(F)c(C)c1.I. The molecule has 2 N–H and O–H groups in total. The van der Waals surface area contributed by atoms with E-state index in [-0.39, 0.29) is 29.8 Å². The maximum Gasteiger partial charge on any atom is 0.191 e. The summed E-state index contributed by atoms with van der Waals surface area (Å²) in [4.78, 5) is 8.22. The molecule has 2 rings (SSSR count). The third-order valence-corrected chi connectivity index (χ3v) is 3.62. The normalized spacial score (nSPS) is 11.1. The van der Waals surface area contributed by atoms with Gasteiger partial charge in [-0.25, -0.2) is 9.37 Å². The fraction of sp³-hybridized carbons (Fsp3) is 0.412. The Hall–Kier alpha value is -1.64. The van der Waals surface area contributed by atoms with Crippen LogP contribution in [0.15, 0.2) is 35.8 Å². The average molecular weight is 445 g/mol. The number of nitrogens with one attached hydrogen (secondary N) is 2. The zero-order valence-corrected chi connectivity index (χ0v) is 16.7. The summed E-state index contributed by atoms with van der Waals surface area (Å²) >= 11 is 0. The van der Waals surface area contributed by atoms with Gasteiger partial charge < -0.3 is 15.2 Å². The summed E-state index contributed by atoms with van der Waals surface area (Å²) in [6.07, 6.45) is 6.52. The Bertz CT molecular complexity index is 632. The van der Waals surface area contributed by atoms with Crippen LogP contribution in [0, 0.1) is 19.7 Å². The van der Waals surface area contributed by atoms with Crippen LogP contribution in [-0.2, 0) is 13.1 Å². The van der Waals surface area contributed by atoms with E-state index in [2.05, 4.69) is 20.6 Å². The highest BCUT2D eigenvalue weighted by molar-refractivity contribution is 14.0. The van der Waals surface area contributed by atoms with E-state index in [0.29, 0.717) is 17.7 Å². The third-order valence-electron chi connectivity index (χ3n) is 3.62. The molecule has 0 amide bonds. The quantitative estimate of drug-likeness (QED) is 0.311. The first-order valence-corrected chi connectivity index (χ1v) is 7.76. The average Bonchev–Trinajstić information content (AvgIpc) is 3.05. The van der Waals surface area contributed by atoms with E-state index in [1.807, 2.05) is 29.2 Å². The summed E-state index contributed by atoms with van der Waals surface area (Å²) in [7, 11) is 1.74. The molecule has 0 unspecified atom stereocenters. The summed E-state index contributed by atoms with van der Waals surface area (Å²) in [6.45, 7) is 5.92. The van der Waals surface area contributed by atoms with Crippen LogP contribution in [0.5, 0.6) is 0 Å². The fourth-order valence-corrected chi connectivity index (χ4v) is 2.43. The van der Waals surface area contributed by atoms with Crippen molar-refractivity contribution in [1.82, 2.24) is 20.2 Å². The molecule has 24 heavy (non-hydrogen) atoms. The number of rotatable bonds is 6. The Morgan fingerprint density at radius 1 is 1.25 bits per heavy atom. The van der Waals surface area contributed by atoms with Crippen molar-refractivity contribution >= 4 is 29.9 Å². The molecule has 0 aliphatic carbocycles. The molecule has 0 saturated carbocycles. The minimum atomic E-state index is -0.129. The first kappa shape index (κ1) is 20.4. The van der Waals surface area contributed by atoms with Crippen LogP contribution in [-0.4, -0.2) is 29.1 Å². The van der Waals surface area contributed by atoms with Crippen LogP contribution in [0.4, 0.5) is 4.39 Å². The van der Waals surface area contributed by atoms with Gasteiger partial charge in [0.05, 0.1) is 6.33 Å². The highest BCUT2D eigenvalue weighted by Crippen LogP contribution is 2.14. The smallest absolute Gasteiger partial charge is 0.191 e. The first-order chi connectivity index (χ1) is 11.1. The van der Waals surface area contributed by atoms with E-state index in [9.17, 15) is 4.39 Å². The lowest BCUT2D eigenvalue weighted by Gasteiger charge is -2.13. The van der Waals surface area contributed by atoms with Crippen molar-refractivity contribution in [3.05, 3.63) is 53.4 Å². The number of hydrogen-bond donors (Lipinski definition) is 2. The Labute approximate surface area is 159 Å². The molecule has 0 fully saturated rings. The molecule has 0 saturated heterocycles. The lowest BCUT2D eigenvalue weighted by Crippen LogP contribution is -2.37. The lowest BCUT2D eigenvalue weighted by molar-refractivity contribution is 0.607. The number of halogens is 2.